The number of allylic oxidation sites excluding steroid dienone is 3. The Bertz CT molecular complexity index is 364. The van der Waals surface area contributed by atoms with Crippen molar-refractivity contribution < 1.29 is 0 Å². The topological polar surface area (TPSA) is 53.6 Å². The minimum absolute atomic E-state index is 0.662. The van der Waals surface area contributed by atoms with Crippen LogP contribution in [0.2, 0.25) is 0 Å². The second-order valence-corrected chi connectivity index (χ2v) is 3.92. The third-order valence-electron chi connectivity index (χ3n) is 3.06. The molecule has 74 valence electrons. The number of hydrogen-bond acceptors (Lipinski definition) is 4. The van der Waals surface area contributed by atoms with Crippen molar-refractivity contribution in [2.24, 2.45) is 10.8 Å². The predicted octanol–water partition coefficient (Wildman–Crippen LogP) is 0.847. The molecule has 0 aromatic heterocycles. The van der Waals surface area contributed by atoms with Gasteiger partial charge in [-0.2, -0.15) is 0 Å². The lowest BCUT2D eigenvalue weighted by atomic mass is 9.93. The molecule has 0 aromatic carbocycles. The number of aliphatic imine (C=N–C) groups is 1. The molecule has 0 spiro atoms. The van der Waals surface area contributed by atoms with Gasteiger partial charge in [0, 0.05) is 5.70 Å². The van der Waals surface area contributed by atoms with Gasteiger partial charge in [-0.05, 0) is 37.3 Å². The molecule has 2 heterocycles. The molecule has 4 nitrogen and oxygen atoms in total. The first-order valence-corrected chi connectivity index (χ1v) is 5.13. The second-order valence-electron chi connectivity index (χ2n) is 3.92. The van der Waals surface area contributed by atoms with Crippen LogP contribution in [0.25, 0.3) is 0 Å². The van der Waals surface area contributed by atoms with Crippen molar-refractivity contribution in [2.45, 2.75) is 25.7 Å². The number of nitrogens with two attached hydrogens (primary N) is 1. The molecule has 0 amide bonds. The Kier molecular flexibility index (Phi) is 1.64. The van der Waals surface area contributed by atoms with Gasteiger partial charge in [0.25, 0.3) is 0 Å². The summed E-state index contributed by atoms with van der Waals surface area (Å²) in [6.07, 6.45) is 6.99. The van der Waals surface area contributed by atoms with E-state index in [9.17, 15) is 0 Å². The largest absolute Gasteiger partial charge is 0.363 e. The van der Waals surface area contributed by atoms with E-state index in [0.717, 1.165) is 24.4 Å². The third kappa shape index (κ3) is 1.00. The normalized spacial score (nSPS) is 25.1. The zero-order valence-corrected chi connectivity index (χ0v) is 8.08. The number of amidine groups is 1. The maximum absolute atomic E-state index is 6.04. The van der Waals surface area contributed by atoms with Gasteiger partial charge in [-0.3, -0.25) is 5.01 Å². The lowest BCUT2D eigenvalue weighted by molar-refractivity contribution is 0.473. The van der Waals surface area contributed by atoms with Crippen molar-refractivity contribution in [3.63, 3.8) is 0 Å². The highest BCUT2D eigenvalue weighted by atomic mass is 15.5. The first kappa shape index (κ1) is 8.05. The van der Waals surface area contributed by atoms with Crippen LogP contribution >= 0.6 is 0 Å². The molecule has 14 heavy (non-hydrogen) atoms. The van der Waals surface area contributed by atoms with E-state index in [-0.39, 0.29) is 0 Å². The van der Waals surface area contributed by atoms with Crippen LogP contribution in [0, 0.1) is 0 Å². The van der Waals surface area contributed by atoms with E-state index in [1.54, 1.807) is 5.01 Å². The third-order valence-corrected chi connectivity index (χ3v) is 3.06. The molecule has 0 saturated heterocycles. The van der Waals surface area contributed by atoms with E-state index in [4.69, 9.17) is 5.84 Å². The van der Waals surface area contributed by atoms with E-state index in [2.05, 4.69) is 16.4 Å². The summed E-state index contributed by atoms with van der Waals surface area (Å²) in [5.41, 5.74) is 3.75. The van der Waals surface area contributed by atoms with Gasteiger partial charge in [-0.25, -0.2) is 10.8 Å². The maximum atomic E-state index is 6.04. The van der Waals surface area contributed by atoms with Crippen LogP contribution in [-0.2, 0) is 0 Å². The molecule has 3 N–H and O–H groups in total. The summed E-state index contributed by atoms with van der Waals surface area (Å²) < 4.78 is 0. The predicted molar refractivity (Wildman–Crippen MR) is 55.0 cm³/mol. The average Bonchev–Trinajstić information content (AvgIpc) is 2.66. The lowest BCUT2D eigenvalue weighted by Crippen LogP contribution is -2.41. The highest BCUT2D eigenvalue weighted by molar-refractivity contribution is 6.01. The van der Waals surface area contributed by atoms with E-state index in [1.807, 2.05) is 0 Å². The summed E-state index contributed by atoms with van der Waals surface area (Å²) in [5, 5.41) is 4.99. The number of hydrazine groups is 1. The molecule has 0 aromatic rings. The van der Waals surface area contributed by atoms with E-state index in [0.29, 0.717) is 6.67 Å². The summed E-state index contributed by atoms with van der Waals surface area (Å²) in [6, 6.07) is 0. The van der Waals surface area contributed by atoms with Crippen molar-refractivity contribution >= 4 is 5.84 Å². The molecule has 4 heteroatoms. The van der Waals surface area contributed by atoms with Gasteiger partial charge < -0.3 is 5.32 Å². The van der Waals surface area contributed by atoms with E-state index in [1.165, 1.54) is 24.1 Å². The highest BCUT2D eigenvalue weighted by Gasteiger charge is 2.28. The summed E-state index contributed by atoms with van der Waals surface area (Å²) in [4.78, 5) is 4.33. The van der Waals surface area contributed by atoms with Crippen LogP contribution in [-0.4, -0.2) is 17.5 Å². The standard InChI is InChI=1S/C10H14N4/c11-14-9-4-2-1-3-7(9)5-8-10(14)13-6-12-8/h5,12H,1-4,6,11H2. The van der Waals surface area contributed by atoms with Crippen molar-refractivity contribution in [3.05, 3.63) is 23.0 Å². The maximum Gasteiger partial charge on any atom is 0.167 e. The molecule has 0 radical (unpaired) electrons. The Morgan fingerprint density at radius 3 is 3.14 bits per heavy atom. The molecule has 3 rings (SSSR count). The SMILES string of the molecule is NN1C2=NCNC2=CC2=C1CCCC2. The Balaban J connectivity index is 2.06. The van der Waals surface area contributed by atoms with Gasteiger partial charge in [0.2, 0.25) is 0 Å². The van der Waals surface area contributed by atoms with Crippen LogP contribution in [0.1, 0.15) is 25.7 Å². The molecule has 0 saturated carbocycles. The Morgan fingerprint density at radius 2 is 2.21 bits per heavy atom. The zero-order valence-electron chi connectivity index (χ0n) is 8.08. The quantitative estimate of drug-likeness (QED) is 0.557. The van der Waals surface area contributed by atoms with Crippen LogP contribution in [0.3, 0.4) is 0 Å². The van der Waals surface area contributed by atoms with Crippen LogP contribution in [0.15, 0.2) is 28.0 Å². The molecule has 2 aliphatic heterocycles. The smallest absolute Gasteiger partial charge is 0.167 e. The van der Waals surface area contributed by atoms with E-state index >= 15 is 0 Å². The van der Waals surface area contributed by atoms with Crippen molar-refractivity contribution in [1.82, 2.24) is 10.3 Å². The first-order chi connectivity index (χ1) is 6.86. The first-order valence-electron chi connectivity index (χ1n) is 5.13. The number of hydrogen-bond donors (Lipinski definition) is 2. The van der Waals surface area contributed by atoms with E-state index < -0.39 is 0 Å². The van der Waals surface area contributed by atoms with Crippen molar-refractivity contribution in [3.8, 4) is 0 Å². The van der Waals surface area contributed by atoms with Gasteiger partial charge in [-0.1, -0.05) is 0 Å². The molecule has 0 bridgehead atoms. The minimum Gasteiger partial charge on any atom is -0.363 e. The van der Waals surface area contributed by atoms with Gasteiger partial charge >= 0.3 is 0 Å². The summed E-state index contributed by atoms with van der Waals surface area (Å²) in [6.45, 7) is 0.662. The van der Waals surface area contributed by atoms with Crippen LogP contribution in [0.5, 0.6) is 0 Å². The highest BCUT2D eigenvalue weighted by Crippen LogP contribution is 2.32. The summed E-state index contributed by atoms with van der Waals surface area (Å²) >= 11 is 0. The van der Waals surface area contributed by atoms with Gasteiger partial charge in [0.05, 0.1) is 5.70 Å². The molecule has 0 unspecified atom stereocenters. The summed E-state index contributed by atoms with van der Waals surface area (Å²) in [5.74, 6) is 6.95. The fraction of sp³-hybridized carbons (Fsp3) is 0.500. The Hall–Kier alpha value is -1.29. The Labute approximate surface area is 83.1 Å². The minimum atomic E-state index is 0.662. The van der Waals surface area contributed by atoms with Crippen molar-refractivity contribution in [1.29, 1.82) is 0 Å². The Morgan fingerprint density at radius 1 is 1.36 bits per heavy atom. The van der Waals surface area contributed by atoms with Crippen LogP contribution in [0.4, 0.5) is 0 Å². The molecule has 0 fully saturated rings. The molecular weight excluding hydrogens is 176 g/mol. The average molecular weight is 190 g/mol. The fourth-order valence-electron chi connectivity index (χ4n) is 2.33. The monoisotopic (exact) mass is 190 g/mol. The van der Waals surface area contributed by atoms with Crippen LogP contribution < -0.4 is 11.2 Å². The molecule has 3 aliphatic rings. The molecule has 1 aliphatic carbocycles. The second kappa shape index (κ2) is 2.85. The van der Waals surface area contributed by atoms with Gasteiger partial charge in [0.15, 0.2) is 5.84 Å². The number of nitrogens with zero attached hydrogens (tertiary/aromatic N) is 2. The van der Waals surface area contributed by atoms with Gasteiger partial charge in [-0.15, -0.1) is 0 Å². The zero-order chi connectivity index (χ0) is 9.54. The number of fused-ring (bicyclic) bond motifs is 1. The number of rotatable bonds is 0. The van der Waals surface area contributed by atoms with Crippen molar-refractivity contribution in [2.75, 3.05) is 6.67 Å². The summed E-state index contributed by atoms with van der Waals surface area (Å²) in [7, 11) is 0. The fourth-order valence-corrected chi connectivity index (χ4v) is 2.33. The van der Waals surface area contributed by atoms with Gasteiger partial charge in [0.1, 0.15) is 6.67 Å². The molecular formula is C10H14N4. The molecule has 0 atom stereocenters. The number of nitrogens with one attached hydrogen (secondary N) is 1. The lowest BCUT2D eigenvalue weighted by Gasteiger charge is -2.31.